The molecule has 0 fully saturated rings. The summed E-state index contributed by atoms with van der Waals surface area (Å²) in [5.74, 6) is 0. The third-order valence-corrected chi connectivity index (χ3v) is 3.23. The Morgan fingerprint density at radius 2 is 2.17 bits per heavy atom. The summed E-state index contributed by atoms with van der Waals surface area (Å²) in [5.41, 5.74) is 2.49. The van der Waals surface area contributed by atoms with Gasteiger partial charge in [0.2, 0.25) is 0 Å². The summed E-state index contributed by atoms with van der Waals surface area (Å²) in [7, 11) is 1.71. The van der Waals surface area contributed by atoms with Crippen LogP contribution in [0, 0.1) is 0 Å². The molecule has 0 bridgehead atoms. The van der Waals surface area contributed by atoms with Crippen LogP contribution in [-0.2, 0) is 4.74 Å². The highest BCUT2D eigenvalue weighted by Crippen LogP contribution is 2.22. The Kier molecular flexibility index (Phi) is 3.82. The van der Waals surface area contributed by atoms with E-state index in [1.807, 2.05) is 26.0 Å². The molecule has 2 aromatic rings. The first-order valence-electron chi connectivity index (χ1n) is 5.71. The quantitative estimate of drug-likeness (QED) is 0.942. The molecule has 96 valence electrons. The van der Waals surface area contributed by atoms with E-state index in [-0.39, 0.29) is 5.60 Å². The van der Waals surface area contributed by atoms with Gasteiger partial charge in [-0.2, -0.15) is 0 Å². The normalized spacial score (nSPS) is 11.8. The van der Waals surface area contributed by atoms with E-state index in [0.717, 1.165) is 21.2 Å². The number of pyridine rings is 2. The topological polar surface area (TPSA) is 47.0 Å². The van der Waals surface area contributed by atoms with E-state index < -0.39 is 0 Å². The Morgan fingerprint density at radius 1 is 1.39 bits per heavy atom. The minimum absolute atomic E-state index is 0.217. The average molecular weight is 310 g/mol. The van der Waals surface area contributed by atoms with Crippen molar-refractivity contribution in [2.45, 2.75) is 19.4 Å². The highest BCUT2D eigenvalue weighted by Gasteiger charge is 2.16. The van der Waals surface area contributed by atoms with Crippen LogP contribution in [0.5, 0.6) is 0 Å². The third kappa shape index (κ3) is 2.97. The molecule has 2 rings (SSSR count). The molecule has 0 aliphatic rings. The molecule has 4 nitrogen and oxygen atoms in total. The molecule has 2 aromatic heterocycles. The van der Waals surface area contributed by atoms with Crippen LogP contribution in [0.3, 0.4) is 0 Å². The van der Waals surface area contributed by atoms with Crippen LogP contribution in [0.25, 0.3) is 11.0 Å². The van der Waals surface area contributed by atoms with Crippen molar-refractivity contribution >= 4 is 32.7 Å². The lowest BCUT2D eigenvalue weighted by Crippen LogP contribution is -2.32. The Balaban J connectivity index is 2.29. The summed E-state index contributed by atoms with van der Waals surface area (Å²) in [5, 5.41) is 3.36. The van der Waals surface area contributed by atoms with E-state index in [0.29, 0.717) is 6.54 Å². The molecule has 0 aromatic carbocycles. The molecule has 0 saturated carbocycles. The summed E-state index contributed by atoms with van der Waals surface area (Å²) in [6.07, 6.45) is 3.55. The van der Waals surface area contributed by atoms with Crippen LogP contribution in [-0.4, -0.2) is 29.2 Å². The van der Waals surface area contributed by atoms with Gasteiger partial charge in [-0.05, 0) is 41.9 Å². The van der Waals surface area contributed by atoms with Gasteiger partial charge in [-0.1, -0.05) is 0 Å². The van der Waals surface area contributed by atoms with Crippen LogP contribution in [0.2, 0.25) is 0 Å². The lowest BCUT2D eigenvalue weighted by atomic mass is 10.1. The molecule has 18 heavy (non-hydrogen) atoms. The zero-order valence-corrected chi connectivity index (χ0v) is 12.3. The Morgan fingerprint density at radius 3 is 2.89 bits per heavy atom. The summed E-state index contributed by atoms with van der Waals surface area (Å²) >= 11 is 3.40. The fourth-order valence-electron chi connectivity index (χ4n) is 1.53. The van der Waals surface area contributed by atoms with Crippen LogP contribution in [0.15, 0.2) is 29.0 Å². The monoisotopic (exact) mass is 309 g/mol. The highest BCUT2D eigenvalue weighted by molar-refractivity contribution is 9.10. The smallest absolute Gasteiger partial charge is 0.112 e. The number of hydrogen-bond acceptors (Lipinski definition) is 4. The van der Waals surface area contributed by atoms with Crippen molar-refractivity contribution in [1.82, 2.24) is 9.97 Å². The second-order valence-corrected chi connectivity index (χ2v) is 5.61. The van der Waals surface area contributed by atoms with Crippen LogP contribution >= 0.6 is 15.9 Å². The van der Waals surface area contributed by atoms with Crippen molar-refractivity contribution < 1.29 is 4.74 Å². The number of nitrogens with zero attached hydrogens (tertiary/aromatic N) is 2. The van der Waals surface area contributed by atoms with Crippen molar-refractivity contribution in [2.75, 3.05) is 19.0 Å². The highest BCUT2D eigenvalue weighted by atomic mass is 79.9. The molecule has 0 aliphatic carbocycles. The number of rotatable bonds is 4. The summed E-state index contributed by atoms with van der Waals surface area (Å²) in [6.45, 7) is 4.78. The molecule has 0 atom stereocenters. The van der Waals surface area contributed by atoms with Crippen molar-refractivity contribution in [3.8, 4) is 0 Å². The lowest BCUT2D eigenvalue weighted by molar-refractivity contribution is 0.0344. The first-order valence-corrected chi connectivity index (χ1v) is 6.50. The second-order valence-electron chi connectivity index (χ2n) is 4.70. The van der Waals surface area contributed by atoms with Gasteiger partial charge in [0.05, 0.1) is 16.8 Å². The molecule has 5 heteroatoms. The van der Waals surface area contributed by atoms with Gasteiger partial charge in [0, 0.05) is 30.5 Å². The lowest BCUT2D eigenvalue weighted by Gasteiger charge is -2.24. The SMILES string of the molecule is COC(C)(C)CNc1ccnc2cc(Br)cnc12. The maximum Gasteiger partial charge on any atom is 0.112 e. The molecular formula is C13H16BrN3O. The number of halogens is 1. The van der Waals surface area contributed by atoms with Crippen LogP contribution in [0.4, 0.5) is 5.69 Å². The van der Waals surface area contributed by atoms with Gasteiger partial charge >= 0.3 is 0 Å². The Labute approximate surface area is 115 Å². The van der Waals surface area contributed by atoms with E-state index in [1.54, 1.807) is 19.5 Å². The van der Waals surface area contributed by atoms with E-state index in [4.69, 9.17) is 4.74 Å². The standard InChI is InChI=1S/C13H16BrN3O/c1-13(2,18-3)8-17-10-4-5-15-11-6-9(14)7-16-12(10)11/h4-7H,8H2,1-3H3,(H,15,17). The number of aromatic nitrogens is 2. The summed E-state index contributed by atoms with van der Waals surface area (Å²) < 4.78 is 6.31. The zero-order chi connectivity index (χ0) is 13.2. The maximum atomic E-state index is 5.38. The third-order valence-electron chi connectivity index (χ3n) is 2.80. The van der Waals surface area contributed by atoms with Crippen LogP contribution < -0.4 is 5.32 Å². The predicted molar refractivity (Wildman–Crippen MR) is 76.8 cm³/mol. The van der Waals surface area contributed by atoms with Crippen molar-refractivity contribution in [2.24, 2.45) is 0 Å². The molecule has 0 saturated heterocycles. The number of methoxy groups -OCH3 is 1. The van der Waals surface area contributed by atoms with Gasteiger partial charge in [-0.15, -0.1) is 0 Å². The first kappa shape index (κ1) is 13.2. The number of fused-ring (bicyclic) bond motifs is 1. The number of hydrogen-bond donors (Lipinski definition) is 1. The van der Waals surface area contributed by atoms with Gasteiger partial charge in [0.25, 0.3) is 0 Å². The molecule has 0 aliphatic heterocycles. The zero-order valence-electron chi connectivity index (χ0n) is 10.7. The fourth-order valence-corrected chi connectivity index (χ4v) is 1.85. The molecule has 0 unspecified atom stereocenters. The van der Waals surface area contributed by atoms with Crippen molar-refractivity contribution in [3.63, 3.8) is 0 Å². The van der Waals surface area contributed by atoms with Gasteiger partial charge in [-0.25, -0.2) is 0 Å². The molecule has 0 spiro atoms. The first-order chi connectivity index (χ1) is 8.52. The largest absolute Gasteiger partial charge is 0.380 e. The van der Waals surface area contributed by atoms with Gasteiger partial charge in [-0.3, -0.25) is 9.97 Å². The van der Waals surface area contributed by atoms with Crippen LogP contribution in [0.1, 0.15) is 13.8 Å². The molecule has 0 radical (unpaired) electrons. The van der Waals surface area contributed by atoms with E-state index in [9.17, 15) is 0 Å². The Hall–Kier alpha value is -1.20. The predicted octanol–water partition coefficient (Wildman–Crippen LogP) is 3.23. The maximum absolute atomic E-state index is 5.38. The summed E-state index contributed by atoms with van der Waals surface area (Å²) in [4.78, 5) is 8.70. The van der Waals surface area contributed by atoms with E-state index in [1.165, 1.54) is 0 Å². The van der Waals surface area contributed by atoms with Gasteiger partial charge < -0.3 is 10.1 Å². The second kappa shape index (κ2) is 5.20. The fraction of sp³-hybridized carbons (Fsp3) is 0.385. The van der Waals surface area contributed by atoms with Gasteiger partial charge in [0.15, 0.2) is 0 Å². The van der Waals surface area contributed by atoms with Crippen molar-refractivity contribution in [3.05, 3.63) is 29.0 Å². The number of anilines is 1. The number of ether oxygens (including phenoxy) is 1. The average Bonchev–Trinajstić information content (AvgIpc) is 2.36. The number of nitrogens with one attached hydrogen (secondary N) is 1. The van der Waals surface area contributed by atoms with E-state index in [2.05, 4.69) is 31.2 Å². The summed E-state index contributed by atoms with van der Waals surface area (Å²) in [6, 6.07) is 3.88. The molecule has 1 N–H and O–H groups in total. The molecular weight excluding hydrogens is 294 g/mol. The Bertz CT molecular complexity index is 557. The minimum Gasteiger partial charge on any atom is -0.380 e. The molecule has 2 heterocycles. The van der Waals surface area contributed by atoms with Crippen molar-refractivity contribution in [1.29, 1.82) is 0 Å². The minimum atomic E-state index is -0.217. The van der Waals surface area contributed by atoms with E-state index >= 15 is 0 Å². The molecule has 0 amide bonds. The van der Waals surface area contributed by atoms with Gasteiger partial charge in [0.1, 0.15) is 5.52 Å².